The highest BCUT2D eigenvalue weighted by Gasteiger charge is 2.29. The number of aliphatic hydroxyl groups is 1. The lowest BCUT2D eigenvalue weighted by atomic mass is 10.1. The monoisotopic (exact) mass is 256 g/mol. The molecule has 0 radical (unpaired) electrons. The van der Waals surface area contributed by atoms with Crippen LogP contribution < -0.4 is 0 Å². The Bertz CT molecular complexity index is 385. The summed E-state index contributed by atoms with van der Waals surface area (Å²) in [6.07, 6.45) is 5.95. The molecule has 1 aliphatic rings. The minimum atomic E-state index is -0.104. The van der Waals surface area contributed by atoms with Gasteiger partial charge in [0.15, 0.2) is 0 Å². The Morgan fingerprint density at radius 2 is 2.24 bits per heavy atom. The Labute approximate surface area is 108 Å². The number of aromatic nitrogens is 2. The molecule has 17 heavy (non-hydrogen) atoms. The molecule has 1 N–H and O–H groups in total. The first kappa shape index (κ1) is 12.9. The lowest BCUT2D eigenvalue weighted by Crippen LogP contribution is -2.09. The number of aliphatic hydroxyl groups excluding tert-OH is 1. The van der Waals surface area contributed by atoms with Crippen molar-refractivity contribution in [3.05, 3.63) is 16.4 Å². The van der Waals surface area contributed by atoms with Crippen LogP contribution in [0.1, 0.15) is 44.0 Å². The van der Waals surface area contributed by atoms with Crippen molar-refractivity contribution in [2.24, 2.45) is 13.0 Å². The van der Waals surface area contributed by atoms with Crippen molar-refractivity contribution in [2.45, 2.75) is 51.6 Å². The number of rotatable bonds is 6. The van der Waals surface area contributed by atoms with Crippen LogP contribution in [0.3, 0.4) is 0 Å². The van der Waals surface area contributed by atoms with Gasteiger partial charge in [0.05, 0.1) is 22.5 Å². The van der Waals surface area contributed by atoms with Crippen molar-refractivity contribution < 1.29 is 5.11 Å². The highest BCUT2D eigenvalue weighted by Crippen LogP contribution is 2.34. The number of aryl methyl sites for hydroxylation is 2. The maximum Gasteiger partial charge on any atom is 0.0849 e. The summed E-state index contributed by atoms with van der Waals surface area (Å²) >= 11 is 6.27. The largest absolute Gasteiger partial charge is 0.393 e. The smallest absolute Gasteiger partial charge is 0.0849 e. The molecule has 0 saturated heterocycles. The number of hydrogen-bond acceptors (Lipinski definition) is 2. The standard InChI is InChI=1S/C13H21ClN2O/c1-3-10-13(14)11(16(2)15-10)5-4-6-12(17)9-7-8-9/h9,12,17H,3-8H2,1-2H3. The van der Waals surface area contributed by atoms with Crippen molar-refractivity contribution in [1.29, 1.82) is 0 Å². The summed E-state index contributed by atoms with van der Waals surface area (Å²) in [4.78, 5) is 0. The molecule has 1 aromatic rings. The average molecular weight is 257 g/mol. The van der Waals surface area contributed by atoms with E-state index in [1.807, 2.05) is 11.7 Å². The van der Waals surface area contributed by atoms with Gasteiger partial charge in [-0.2, -0.15) is 5.10 Å². The Morgan fingerprint density at radius 3 is 2.76 bits per heavy atom. The Balaban J connectivity index is 1.87. The van der Waals surface area contributed by atoms with Gasteiger partial charge in [0.25, 0.3) is 0 Å². The van der Waals surface area contributed by atoms with Crippen LogP contribution in [0.2, 0.25) is 5.02 Å². The Hall–Kier alpha value is -0.540. The number of nitrogens with zero attached hydrogens (tertiary/aromatic N) is 2. The summed E-state index contributed by atoms with van der Waals surface area (Å²) in [5.74, 6) is 0.572. The molecular formula is C13H21ClN2O. The van der Waals surface area contributed by atoms with Crippen LogP contribution in [0.25, 0.3) is 0 Å². The molecule has 1 unspecified atom stereocenters. The normalized spacial score (nSPS) is 17.4. The van der Waals surface area contributed by atoms with Gasteiger partial charge >= 0.3 is 0 Å². The van der Waals surface area contributed by atoms with E-state index in [0.717, 1.165) is 42.1 Å². The van der Waals surface area contributed by atoms with Gasteiger partial charge in [0.2, 0.25) is 0 Å². The van der Waals surface area contributed by atoms with E-state index >= 15 is 0 Å². The Kier molecular flexibility index (Phi) is 4.10. The van der Waals surface area contributed by atoms with Crippen molar-refractivity contribution in [3.63, 3.8) is 0 Å². The van der Waals surface area contributed by atoms with Gasteiger partial charge in [0.1, 0.15) is 0 Å². The fraction of sp³-hybridized carbons (Fsp3) is 0.769. The third-order valence-corrected chi connectivity index (χ3v) is 4.02. The molecule has 0 bridgehead atoms. The van der Waals surface area contributed by atoms with Crippen LogP contribution in [0, 0.1) is 5.92 Å². The van der Waals surface area contributed by atoms with Crippen molar-refractivity contribution in [3.8, 4) is 0 Å². The second-order valence-electron chi connectivity index (χ2n) is 4.98. The third-order valence-electron chi connectivity index (χ3n) is 3.58. The van der Waals surface area contributed by atoms with E-state index < -0.39 is 0 Å². The maximum atomic E-state index is 9.80. The van der Waals surface area contributed by atoms with Crippen molar-refractivity contribution >= 4 is 11.6 Å². The zero-order valence-electron chi connectivity index (χ0n) is 10.6. The second kappa shape index (κ2) is 5.40. The van der Waals surface area contributed by atoms with Gasteiger partial charge < -0.3 is 5.11 Å². The molecule has 1 saturated carbocycles. The van der Waals surface area contributed by atoms with Crippen LogP contribution >= 0.6 is 11.6 Å². The average Bonchev–Trinajstić information content (AvgIpc) is 3.10. The van der Waals surface area contributed by atoms with Gasteiger partial charge in [-0.3, -0.25) is 4.68 Å². The lowest BCUT2D eigenvalue weighted by Gasteiger charge is -2.08. The highest BCUT2D eigenvalue weighted by atomic mass is 35.5. The van der Waals surface area contributed by atoms with E-state index in [2.05, 4.69) is 12.0 Å². The lowest BCUT2D eigenvalue weighted by molar-refractivity contribution is 0.139. The Morgan fingerprint density at radius 1 is 1.53 bits per heavy atom. The molecule has 1 aromatic heterocycles. The van der Waals surface area contributed by atoms with Crippen molar-refractivity contribution in [2.75, 3.05) is 0 Å². The maximum absolute atomic E-state index is 9.80. The molecular weight excluding hydrogens is 236 g/mol. The quantitative estimate of drug-likeness (QED) is 0.850. The van der Waals surface area contributed by atoms with Gasteiger partial charge in [-0.1, -0.05) is 18.5 Å². The molecule has 0 aliphatic heterocycles. The van der Waals surface area contributed by atoms with Gasteiger partial charge in [0, 0.05) is 7.05 Å². The first-order valence-corrected chi connectivity index (χ1v) is 6.89. The second-order valence-corrected chi connectivity index (χ2v) is 5.36. The zero-order valence-corrected chi connectivity index (χ0v) is 11.4. The van der Waals surface area contributed by atoms with Crippen LogP contribution in [0.4, 0.5) is 0 Å². The van der Waals surface area contributed by atoms with Crippen LogP contribution in [0.5, 0.6) is 0 Å². The molecule has 1 fully saturated rings. The third kappa shape index (κ3) is 3.02. The zero-order chi connectivity index (χ0) is 12.4. The van der Waals surface area contributed by atoms with E-state index in [4.69, 9.17) is 11.6 Å². The number of hydrogen-bond donors (Lipinski definition) is 1. The fourth-order valence-electron chi connectivity index (χ4n) is 2.29. The molecule has 1 aliphatic carbocycles. The summed E-state index contributed by atoms with van der Waals surface area (Å²) < 4.78 is 1.88. The molecule has 1 atom stereocenters. The topological polar surface area (TPSA) is 38.0 Å². The molecule has 2 rings (SSSR count). The highest BCUT2D eigenvalue weighted by molar-refractivity contribution is 6.31. The summed E-state index contributed by atoms with van der Waals surface area (Å²) in [5, 5.41) is 15.0. The number of halogens is 1. The van der Waals surface area contributed by atoms with Crippen LogP contribution in [-0.4, -0.2) is 21.0 Å². The molecule has 96 valence electrons. The van der Waals surface area contributed by atoms with E-state index in [9.17, 15) is 5.11 Å². The predicted octanol–water partition coefficient (Wildman–Crippen LogP) is 2.73. The van der Waals surface area contributed by atoms with Gasteiger partial charge in [-0.25, -0.2) is 0 Å². The molecule has 0 spiro atoms. The van der Waals surface area contributed by atoms with Gasteiger partial charge in [-0.15, -0.1) is 0 Å². The summed E-state index contributed by atoms with van der Waals surface area (Å²) in [5.41, 5.74) is 2.08. The first-order valence-electron chi connectivity index (χ1n) is 6.51. The van der Waals surface area contributed by atoms with E-state index in [1.165, 1.54) is 12.8 Å². The predicted molar refractivity (Wildman–Crippen MR) is 69.3 cm³/mol. The molecule has 0 amide bonds. The minimum Gasteiger partial charge on any atom is -0.393 e. The van der Waals surface area contributed by atoms with E-state index in [0.29, 0.717) is 5.92 Å². The SMILES string of the molecule is CCc1nn(C)c(CCCC(O)C2CC2)c1Cl. The fourth-order valence-corrected chi connectivity index (χ4v) is 2.67. The minimum absolute atomic E-state index is 0.104. The molecule has 0 aromatic carbocycles. The van der Waals surface area contributed by atoms with Gasteiger partial charge in [-0.05, 0) is 44.4 Å². The van der Waals surface area contributed by atoms with Crippen LogP contribution in [0.15, 0.2) is 0 Å². The van der Waals surface area contributed by atoms with Crippen LogP contribution in [-0.2, 0) is 19.9 Å². The summed E-state index contributed by atoms with van der Waals surface area (Å²) in [6, 6.07) is 0. The molecule has 4 heteroatoms. The summed E-state index contributed by atoms with van der Waals surface area (Å²) in [7, 11) is 1.94. The van der Waals surface area contributed by atoms with E-state index in [1.54, 1.807) is 0 Å². The van der Waals surface area contributed by atoms with Crippen molar-refractivity contribution in [1.82, 2.24) is 9.78 Å². The van der Waals surface area contributed by atoms with E-state index in [-0.39, 0.29) is 6.10 Å². The summed E-state index contributed by atoms with van der Waals surface area (Å²) in [6.45, 7) is 2.06. The molecule has 1 heterocycles. The first-order chi connectivity index (χ1) is 8.13. The molecule has 3 nitrogen and oxygen atoms in total.